The van der Waals surface area contributed by atoms with Crippen molar-refractivity contribution in [3.05, 3.63) is 12.2 Å². The first-order valence-electron chi connectivity index (χ1n) is 2.23. The molecule has 0 unspecified atom stereocenters. The number of aliphatic carboxylic acids is 1. The summed E-state index contributed by atoms with van der Waals surface area (Å²) in [5.41, 5.74) is 0.176. The quantitative estimate of drug-likeness (QED) is 0.190. The van der Waals surface area contributed by atoms with E-state index in [4.69, 9.17) is 18.1 Å². The molecule has 10 nitrogen and oxygen atoms in total. The largest absolute Gasteiger partial charge is 0.478 e. The number of carbonyl (C=O) groups is 1. The van der Waals surface area contributed by atoms with Crippen LogP contribution < -0.4 is 0 Å². The molecular weight excluding hydrogens is 272 g/mol. The van der Waals surface area contributed by atoms with Crippen molar-refractivity contribution in [2.75, 3.05) is 0 Å². The maximum Gasteiger partial charge on any atom is 0.330 e. The van der Waals surface area contributed by atoms with Gasteiger partial charge in [0.15, 0.2) is 0 Å². The van der Waals surface area contributed by atoms with Crippen molar-refractivity contribution in [3.63, 3.8) is 0 Å². The first-order chi connectivity index (χ1) is 4.64. The van der Waals surface area contributed by atoms with Gasteiger partial charge in [0.05, 0.1) is 0 Å². The van der Waals surface area contributed by atoms with Crippen LogP contribution in [0.2, 0.25) is 0 Å². The van der Waals surface area contributed by atoms with Gasteiger partial charge >= 0.3 is 15.1 Å². The van der Waals surface area contributed by atoms with Crippen molar-refractivity contribution in [1.82, 2.24) is 0 Å². The Balaban J connectivity index is -0.0000000155. The van der Waals surface area contributed by atoms with Crippen molar-refractivity contribution >= 4 is 26.8 Å². The molecule has 0 aliphatic heterocycles. The zero-order valence-electron chi connectivity index (χ0n) is 8.18. The van der Waals surface area contributed by atoms with Gasteiger partial charge < -0.3 is 32.5 Å². The summed E-state index contributed by atoms with van der Waals surface area (Å²) in [6.07, 6.45) is 0. The lowest BCUT2D eigenvalue weighted by molar-refractivity contribution is -0.132. The zero-order valence-corrected chi connectivity index (χ0v) is 9.89. The summed E-state index contributed by atoms with van der Waals surface area (Å²) in [5.74, 6) is -0.935. The lowest BCUT2D eigenvalue weighted by Gasteiger charge is -1.79. The van der Waals surface area contributed by atoms with Crippen LogP contribution in [0, 0.1) is 0 Å². The van der Waals surface area contributed by atoms with E-state index in [9.17, 15) is 4.79 Å². The fourth-order valence-electron chi connectivity index (χ4n) is 0. The first kappa shape index (κ1) is 45.5. The molecule has 0 radical (unpaired) electrons. The van der Waals surface area contributed by atoms with Crippen molar-refractivity contribution in [3.8, 4) is 0 Å². The van der Waals surface area contributed by atoms with Crippen LogP contribution in [0.3, 0.4) is 0 Å². The topological polar surface area (TPSA) is 249 Å². The zero-order chi connectivity index (χ0) is 9.65. The molecule has 0 aromatic carbocycles. The molecule has 12 heteroatoms. The van der Waals surface area contributed by atoms with E-state index in [-0.39, 0.29) is 33.0 Å². The second-order valence-electron chi connectivity index (χ2n) is 1.53. The van der Waals surface area contributed by atoms with E-state index in [1.165, 1.54) is 6.92 Å². The van der Waals surface area contributed by atoms with Crippen LogP contribution in [0.15, 0.2) is 12.2 Å². The fourth-order valence-corrected chi connectivity index (χ4v) is 0. The van der Waals surface area contributed by atoms with Crippen LogP contribution in [-0.2, 0) is 13.9 Å². The van der Waals surface area contributed by atoms with E-state index < -0.39 is 15.1 Å². The molecule has 0 aromatic heterocycles. The van der Waals surface area contributed by atoms with E-state index in [1.807, 2.05) is 0 Å². The van der Waals surface area contributed by atoms with Gasteiger partial charge in [0.2, 0.25) is 0 Å². The fraction of sp³-hybridized carbons (Fsp3) is 0.250. The van der Waals surface area contributed by atoms with E-state index in [0.717, 1.165) is 0 Å². The Hall–Kier alpha value is -0.730. The molecule has 0 heterocycles. The van der Waals surface area contributed by atoms with E-state index in [1.54, 1.807) is 0 Å². The summed E-state index contributed by atoms with van der Waals surface area (Å²) in [6, 6.07) is 0. The molecule has 0 aliphatic carbocycles. The summed E-state index contributed by atoms with van der Waals surface area (Å²) in [7, 11) is -3.97. The molecule has 16 heavy (non-hydrogen) atoms. The molecule has 0 bridgehead atoms. The van der Waals surface area contributed by atoms with Gasteiger partial charge in [0.1, 0.15) is 0 Å². The maximum absolute atomic E-state index is 9.60. The number of thiol groups is 1. The molecule has 0 saturated carbocycles. The SMILES string of the molecule is C=C(C)C(=O)O.O.O.O.O.O.O=S(=O)(O)S. The Labute approximate surface area is 96.7 Å². The van der Waals surface area contributed by atoms with Crippen molar-refractivity contribution in [2.24, 2.45) is 0 Å². The number of carboxylic acid groups (broad SMARTS) is 1. The average Bonchev–Trinajstić information content (AvgIpc) is 1.59. The Morgan fingerprint density at radius 2 is 1.19 bits per heavy atom. The highest BCUT2D eigenvalue weighted by Crippen LogP contribution is 1.81. The van der Waals surface area contributed by atoms with Gasteiger partial charge in [-0.25, -0.2) is 4.79 Å². The second kappa shape index (κ2) is 19.8. The van der Waals surface area contributed by atoms with Gasteiger partial charge in [-0.15, -0.1) is 0 Å². The molecular formula is C4H18O10S2. The molecule has 0 saturated heterocycles. The Kier molecular flexibility index (Phi) is 56.2. The lowest BCUT2D eigenvalue weighted by atomic mass is 10.4. The number of hydrogen-bond donors (Lipinski definition) is 3. The molecule has 0 fully saturated rings. The molecule has 0 amide bonds. The van der Waals surface area contributed by atoms with Gasteiger partial charge in [0, 0.05) is 5.57 Å². The van der Waals surface area contributed by atoms with Gasteiger partial charge in [0.25, 0.3) is 0 Å². The van der Waals surface area contributed by atoms with Crippen molar-refractivity contribution < 1.29 is 50.3 Å². The third kappa shape index (κ3) is 187. The summed E-state index contributed by atoms with van der Waals surface area (Å²) in [5, 5.41) is 7.89. The third-order valence-electron chi connectivity index (χ3n) is 0.365. The Morgan fingerprint density at radius 1 is 1.12 bits per heavy atom. The minimum Gasteiger partial charge on any atom is -0.478 e. The molecule has 12 N–H and O–H groups in total. The van der Waals surface area contributed by atoms with Crippen LogP contribution in [0.25, 0.3) is 0 Å². The first-order valence-corrected chi connectivity index (χ1v) is 4.72. The molecule has 0 spiro atoms. The lowest BCUT2D eigenvalue weighted by Crippen LogP contribution is -1.92. The maximum atomic E-state index is 9.60. The summed E-state index contributed by atoms with van der Waals surface area (Å²) in [4.78, 5) is 9.60. The second-order valence-corrected chi connectivity index (χ2v) is 3.81. The average molecular weight is 290 g/mol. The van der Waals surface area contributed by atoms with Gasteiger partial charge in [-0.3, -0.25) is 4.55 Å². The highest BCUT2D eigenvalue weighted by atomic mass is 33.1. The highest BCUT2D eigenvalue weighted by Gasteiger charge is 1.90. The van der Waals surface area contributed by atoms with Gasteiger partial charge in [-0.1, -0.05) is 6.58 Å². The van der Waals surface area contributed by atoms with Crippen LogP contribution >= 0.6 is 11.7 Å². The summed E-state index contributed by atoms with van der Waals surface area (Å²) in [6.45, 7) is 4.60. The van der Waals surface area contributed by atoms with E-state index >= 15 is 0 Å². The monoisotopic (exact) mass is 290 g/mol. The van der Waals surface area contributed by atoms with Crippen LogP contribution in [0.5, 0.6) is 0 Å². The van der Waals surface area contributed by atoms with Crippen molar-refractivity contribution in [2.45, 2.75) is 6.92 Å². The Morgan fingerprint density at radius 3 is 1.19 bits per heavy atom. The molecule has 0 atom stereocenters. The van der Waals surface area contributed by atoms with E-state index in [0.29, 0.717) is 0 Å². The molecule has 0 aliphatic rings. The Bertz CT molecular complexity index is 224. The third-order valence-corrected chi connectivity index (χ3v) is 0.365. The van der Waals surface area contributed by atoms with Crippen LogP contribution in [-0.4, -0.2) is 51.4 Å². The molecule has 106 valence electrons. The number of hydrogen-bond acceptors (Lipinski definition) is 3. The predicted octanol–water partition coefficient (Wildman–Crippen LogP) is -3.76. The highest BCUT2D eigenvalue weighted by molar-refractivity contribution is 8.61. The molecule has 0 rings (SSSR count). The van der Waals surface area contributed by atoms with Crippen LogP contribution in [0.4, 0.5) is 0 Å². The van der Waals surface area contributed by atoms with Gasteiger partial charge in [-0.05, 0) is 18.6 Å². The van der Waals surface area contributed by atoms with E-state index in [2.05, 4.69) is 18.2 Å². The van der Waals surface area contributed by atoms with Crippen molar-refractivity contribution in [1.29, 1.82) is 0 Å². The molecule has 0 aromatic rings. The number of carboxylic acids is 1. The predicted molar refractivity (Wildman–Crippen MR) is 61.1 cm³/mol. The van der Waals surface area contributed by atoms with Gasteiger partial charge in [-0.2, -0.15) is 8.42 Å². The minimum atomic E-state index is -3.97. The summed E-state index contributed by atoms with van der Waals surface area (Å²) >= 11 is 2.65. The smallest absolute Gasteiger partial charge is 0.330 e. The standard InChI is InChI=1S/C4H6O2.H2O3S2.5H2O/c1-3(2)4(5)6;1-5(2,3)4;;;;;/h1H2,2H3,(H,5,6);(H2,1,2,3,4);5*1H2. The summed E-state index contributed by atoms with van der Waals surface area (Å²) < 4.78 is 25.5. The van der Waals surface area contributed by atoms with Crippen LogP contribution in [0.1, 0.15) is 6.92 Å². The number of rotatable bonds is 1. The minimum absolute atomic E-state index is 0. The normalized spacial score (nSPS) is 6.44.